The summed E-state index contributed by atoms with van der Waals surface area (Å²) in [5.74, 6) is 0.636. The summed E-state index contributed by atoms with van der Waals surface area (Å²) < 4.78 is 5.88. The van der Waals surface area contributed by atoms with E-state index in [2.05, 4.69) is 15.3 Å². The smallest absolute Gasteiger partial charge is 0.152 e. The molecule has 0 saturated heterocycles. The van der Waals surface area contributed by atoms with Crippen LogP contribution in [-0.2, 0) is 6.61 Å². The van der Waals surface area contributed by atoms with E-state index in [1.165, 1.54) is 0 Å². The number of aromatic nitrogens is 2. The van der Waals surface area contributed by atoms with Gasteiger partial charge in [0, 0.05) is 47.7 Å². The summed E-state index contributed by atoms with van der Waals surface area (Å²) in [7, 11) is 1.81. The van der Waals surface area contributed by atoms with Gasteiger partial charge in [0.15, 0.2) is 6.29 Å². The number of aldehydes is 1. The molecule has 2 aromatic heterocycles. The highest BCUT2D eigenvalue weighted by atomic mass is 16.5. The first kappa shape index (κ1) is 20.9. The van der Waals surface area contributed by atoms with Crippen LogP contribution in [0.15, 0.2) is 85.3 Å². The third-order valence-corrected chi connectivity index (χ3v) is 5.03. The Bertz CT molecular complexity index is 1280. The summed E-state index contributed by atoms with van der Waals surface area (Å²) in [6, 6.07) is 20.6. The number of fused-ring (bicyclic) bond motifs is 1. The molecule has 2 heterocycles. The highest BCUT2D eigenvalue weighted by molar-refractivity contribution is 6.30. The highest BCUT2D eigenvalue weighted by Crippen LogP contribution is 2.22. The second kappa shape index (κ2) is 9.66. The molecule has 0 atom stereocenters. The number of para-hydroxylation sites is 1. The minimum atomic E-state index is 0.178. The Morgan fingerprint density at radius 2 is 1.78 bits per heavy atom. The predicted octanol–water partition coefficient (Wildman–Crippen LogP) is 4.65. The van der Waals surface area contributed by atoms with Gasteiger partial charge >= 0.3 is 0 Å². The molecule has 2 N–H and O–H groups in total. The van der Waals surface area contributed by atoms with Crippen LogP contribution in [0.4, 0.5) is 0 Å². The first-order valence-corrected chi connectivity index (χ1v) is 10.1. The minimum absolute atomic E-state index is 0.178. The third kappa shape index (κ3) is 4.54. The molecule has 158 valence electrons. The van der Waals surface area contributed by atoms with Crippen molar-refractivity contribution in [3.63, 3.8) is 0 Å². The van der Waals surface area contributed by atoms with E-state index < -0.39 is 0 Å². The summed E-state index contributed by atoms with van der Waals surface area (Å²) in [5.41, 5.74) is 4.74. The van der Waals surface area contributed by atoms with E-state index in [4.69, 9.17) is 10.1 Å². The van der Waals surface area contributed by atoms with Crippen molar-refractivity contribution in [2.45, 2.75) is 6.61 Å². The van der Waals surface area contributed by atoms with Crippen molar-refractivity contribution in [3.8, 4) is 5.75 Å². The second-order valence-corrected chi connectivity index (χ2v) is 7.11. The van der Waals surface area contributed by atoms with Crippen LogP contribution in [0.1, 0.15) is 27.2 Å². The zero-order valence-electron chi connectivity index (χ0n) is 17.6. The molecule has 0 radical (unpaired) electrons. The van der Waals surface area contributed by atoms with Gasteiger partial charge in [-0.3, -0.25) is 15.2 Å². The number of carbonyl (C=O) groups is 1. The highest BCUT2D eigenvalue weighted by Gasteiger charge is 2.12. The molecule has 2 aromatic carbocycles. The SMILES string of the molecule is CN/C=C(\C(=N)c1ccc(OCc2nc3ccccc3cc2C=O)cc1)c1ccncc1. The van der Waals surface area contributed by atoms with Gasteiger partial charge in [-0.05, 0) is 54.1 Å². The minimum Gasteiger partial charge on any atom is -0.487 e. The van der Waals surface area contributed by atoms with E-state index in [-0.39, 0.29) is 6.61 Å². The molecule has 0 unspecified atom stereocenters. The van der Waals surface area contributed by atoms with Gasteiger partial charge in [0.1, 0.15) is 12.4 Å². The maximum absolute atomic E-state index is 11.5. The molecule has 0 spiro atoms. The van der Waals surface area contributed by atoms with E-state index in [1.54, 1.807) is 25.6 Å². The van der Waals surface area contributed by atoms with Gasteiger partial charge in [-0.2, -0.15) is 0 Å². The Kier molecular flexibility index (Phi) is 6.32. The topological polar surface area (TPSA) is 88.0 Å². The number of allylic oxidation sites excluding steroid dienone is 1. The molecule has 4 aromatic rings. The van der Waals surface area contributed by atoms with E-state index in [0.717, 1.165) is 33.9 Å². The Morgan fingerprint density at radius 3 is 2.50 bits per heavy atom. The number of nitrogens with one attached hydrogen (secondary N) is 2. The fourth-order valence-corrected chi connectivity index (χ4v) is 3.39. The lowest BCUT2D eigenvalue weighted by atomic mass is 9.97. The molecule has 0 aliphatic rings. The van der Waals surface area contributed by atoms with Crippen molar-refractivity contribution in [3.05, 3.63) is 108 Å². The van der Waals surface area contributed by atoms with Crippen molar-refractivity contribution in [1.82, 2.24) is 15.3 Å². The molecule has 0 saturated carbocycles. The van der Waals surface area contributed by atoms with Crippen LogP contribution in [-0.4, -0.2) is 29.0 Å². The summed E-state index contributed by atoms with van der Waals surface area (Å²) >= 11 is 0. The van der Waals surface area contributed by atoms with Crippen LogP contribution >= 0.6 is 0 Å². The standard InChI is InChI=1S/C26H22N4O2/c1-28-15-23(18-10-12-29-13-11-18)26(27)19-6-8-22(9-7-19)32-17-25-21(16-31)14-20-4-2-3-5-24(20)30-25/h2-16,27-28H,17H2,1H3/b23-15-,27-26?. The van der Waals surface area contributed by atoms with Crippen LogP contribution in [0.3, 0.4) is 0 Å². The fourth-order valence-electron chi connectivity index (χ4n) is 3.39. The van der Waals surface area contributed by atoms with Crippen LogP contribution in [0, 0.1) is 5.41 Å². The predicted molar refractivity (Wildman–Crippen MR) is 126 cm³/mol. The molecule has 32 heavy (non-hydrogen) atoms. The fraction of sp³-hybridized carbons (Fsp3) is 0.0769. The average molecular weight is 422 g/mol. The second-order valence-electron chi connectivity index (χ2n) is 7.11. The lowest BCUT2D eigenvalue weighted by Gasteiger charge is -2.12. The molecule has 4 rings (SSSR count). The monoisotopic (exact) mass is 422 g/mol. The molecular formula is C26H22N4O2. The molecule has 6 nitrogen and oxygen atoms in total. The third-order valence-electron chi connectivity index (χ3n) is 5.03. The molecule has 0 amide bonds. The van der Waals surface area contributed by atoms with Crippen LogP contribution in [0.5, 0.6) is 5.75 Å². The average Bonchev–Trinajstić information content (AvgIpc) is 2.86. The first-order valence-electron chi connectivity index (χ1n) is 10.1. The largest absolute Gasteiger partial charge is 0.487 e. The molecule has 6 heteroatoms. The van der Waals surface area contributed by atoms with Gasteiger partial charge in [0.25, 0.3) is 0 Å². The lowest BCUT2D eigenvalue weighted by molar-refractivity contribution is 0.112. The van der Waals surface area contributed by atoms with Gasteiger partial charge in [-0.15, -0.1) is 0 Å². The van der Waals surface area contributed by atoms with Crippen LogP contribution in [0.2, 0.25) is 0 Å². The molecule has 0 aliphatic carbocycles. The molecular weight excluding hydrogens is 400 g/mol. The van der Waals surface area contributed by atoms with Gasteiger partial charge in [0.05, 0.1) is 16.9 Å². The quantitative estimate of drug-likeness (QED) is 0.319. The number of pyridine rings is 2. The van der Waals surface area contributed by atoms with Crippen molar-refractivity contribution in [2.75, 3.05) is 7.05 Å². The Labute approximate surface area is 186 Å². The Balaban J connectivity index is 1.51. The summed E-state index contributed by atoms with van der Waals surface area (Å²) in [6.45, 7) is 0.178. The molecule has 0 bridgehead atoms. The van der Waals surface area contributed by atoms with Crippen molar-refractivity contribution >= 4 is 28.5 Å². The van der Waals surface area contributed by atoms with Crippen LogP contribution in [0.25, 0.3) is 16.5 Å². The number of ether oxygens (including phenoxy) is 1. The van der Waals surface area contributed by atoms with Gasteiger partial charge in [0.2, 0.25) is 0 Å². The summed E-state index contributed by atoms with van der Waals surface area (Å²) in [6.07, 6.45) is 6.01. The maximum atomic E-state index is 11.5. The van der Waals surface area contributed by atoms with E-state index >= 15 is 0 Å². The lowest BCUT2D eigenvalue weighted by Crippen LogP contribution is -2.07. The number of nitrogens with zero attached hydrogens (tertiary/aromatic N) is 2. The van der Waals surface area contributed by atoms with Gasteiger partial charge in [-0.25, -0.2) is 4.98 Å². The van der Waals surface area contributed by atoms with Crippen LogP contribution < -0.4 is 10.1 Å². The number of hydrogen-bond acceptors (Lipinski definition) is 6. The normalized spacial score (nSPS) is 11.2. The number of rotatable bonds is 8. The number of carbonyl (C=O) groups excluding carboxylic acids is 1. The maximum Gasteiger partial charge on any atom is 0.152 e. The van der Waals surface area contributed by atoms with E-state index in [1.807, 2.05) is 66.7 Å². The molecule has 0 fully saturated rings. The van der Waals surface area contributed by atoms with Gasteiger partial charge in [-0.1, -0.05) is 18.2 Å². The van der Waals surface area contributed by atoms with E-state index in [0.29, 0.717) is 22.7 Å². The molecule has 0 aliphatic heterocycles. The zero-order chi connectivity index (χ0) is 22.3. The summed E-state index contributed by atoms with van der Waals surface area (Å²) in [5, 5.41) is 12.6. The number of benzene rings is 2. The number of hydrogen-bond donors (Lipinski definition) is 2. The Hall–Kier alpha value is -4.32. The van der Waals surface area contributed by atoms with Gasteiger partial charge < -0.3 is 10.1 Å². The zero-order valence-corrected chi connectivity index (χ0v) is 17.6. The van der Waals surface area contributed by atoms with Crippen molar-refractivity contribution in [2.24, 2.45) is 0 Å². The van der Waals surface area contributed by atoms with Crippen molar-refractivity contribution < 1.29 is 9.53 Å². The van der Waals surface area contributed by atoms with Crippen molar-refractivity contribution in [1.29, 1.82) is 5.41 Å². The first-order chi connectivity index (χ1) is 15.7. The van der Waals surface area contributed by atoms with E-state index in [9.17, 15) is 4.79 Å². The Morgan fingerprint density at radius 1 is 1.03 bits per heavy atom. The summed E-state index contributed by atoms with van der Waals surface area (Å²) in [4.78, 5) is 20.1.